The van der Waals surface area contributed by atoms with Gasteiger partial charge in [-0.2, -0.15) is 13.6 Å². The number of rotatable bonds is 9. The number of hydrogen-bond donors (Lipinski definition) is 7. The van der Waals surface area contributed by atoms with Crippen LogP contribution in [0.2, 0.25) is 0 Å². The Kier molecular flexibility index (Phi) is 7.74. The van der Waals surface area contributed by atoms with E-state index in [9.17, 15) is 37.8 Å². The van der Waals surface area contributed by atoms with Gasteiger partial charge >= 0.3 is 23.5 Å². The van der Waals surface area contributed by atoms with Crippen LogP contribution in [0.4, 0.5) is 10.3 Å². The van der Waals surface area contributed by atoms with E-state index in [2.05, 4.69) is 18.6 Å². The number of fused-ring (bicyclic) bond motifs is 1. The molecule has 0 aromatic carbocycles. The van der Waals surface area contributed by atoms with E-state index in [1.54, 1.807) is 0 Å². The lowest BCUT2D eigenvalue weighted by Crippen LogP contribution is -2.50. The maximum Gasteiger partial charge on any atom is 0.490 e. The molecule has 0 spiro atoms. The molecule has 0 bridgehead atoms. The van der Waals surface area contributed by atoms with E-state index in [0.29, 0.717) is 0 Å². The molecule has 22 heteroatoms. The molecule has 204 valence electrons. The van der Waals surface area contributed by atoms with Crippen LogP contribution in [0.1, 0.15) is 20.1 Å². The van der Waals surface area contributed by atoms with Gasteiger partial charge in [0.25, 0.3) is 5.56 Å². The fraction of sp³-hybridized carbons (Fsp3) is 0.571. The Labute approximate surface area is 205 Å². The molecular weight excluding hydrogens is 580 g/mol. The van der Waals surface area contributed by atoms with E-state index in [0.717, 1.165) is 18.4 Å². The summed E-state index contributed by atoms with van der Waals surface area (Å²) >= 11 is 6.37. The molecule has 2 aromatic heterocycles. The highest BCUT2D eigenvalue weighted by atomic mass is 35.5. The molecule has 3 unspecified atom stereocenters. The minimum atomic E-state index is -5.84. The number of aliphatic hydroxyl groups is 1. The maximum absolute atomic E-state index is 14.2. The molecule has 1 saturated heterocycles. The second kappa shape index (κ2) is 9.50. The van der Waals surface area contributed by atoms with E-state index in [1.165, 1.54) is 12.3 Å². The van der Waals surface area contributed by atoms with Crippen molar-refractivity contribution < 1.29 is 60.6 Å². The fourth-order valence-electron chi connectivity index (χ4n) is 3.60. The SMILES string of the molecule is CC(C)(OP(=O)(O)OP(=O)(O)OP(=O)(O)O)[C@H]1O[C@@H](n2ccc3c(=O)[nH]c(N)nc32)C(Cl)(CF)[C@H]1O. The molecule has 3 heterocycles. The van der Waals surface area contributed by atoms with Crippen molar-refractivity contribution in [2.45, 2.75) is 42.8 Å². The van der Waals surface area contributed by atoms with Crippen LogP contribution in [-0.2, 0) is 31.6 Å². The summed E-state index contributed by atoms with van der Waals surface area (Å²) in [5, 5.41) is 10.8. The van der Waals surface area contributed by atoms with Crippen molar-refractivity contribution in [3.63, 3.8) is 0 Å². The zero-order valence-electron chi connectivity index (χ0n) is 18.2. The molecular formula is C14H21ClFN4O13P3. The van der Waals surface area contributed by atoms with Crippen LogP contribution in [0.15, 0.2) is 17.1 Å². The Bertz CT molecular complexity index is 1360. The van der Waals surface area contributed by atoms with Crippen molar-refractivity contribution in [2.24, 2.45) is 0 Å². The number of nitrogens with one attached hydrogen (secondary N) is 1. The first kappa shape index (κ1) is 29.3. The lowest BCUT2D eigenvalue weighted by Gasteiger charge is -2.34. The average molecular weight is 601 g/mol. The molecule has 1 fully saturated rings. The van der Waals surface area contributed by atoms with Crippen LogP contribution < -0.4 is 11.3 Å². The number of nitrogens with two attached hydrogens (primary N) is 1. The number of aliphatic hydroxyl groups excluding tert-OH is 1. The third-order valence-electron chi connectivity index (χ3n) is 4.97. The van der Waals surface area contributed by atoms with Gasteiger partial charge in [-0.05, 0) is 19.9 Å². The number of alkyl halides is 2. The average Bonchev–Trinajstić information content (AvgIpc) is 3.17. The number of hydrogen-bond acceptors (Lipinski definition) is 11. The quantitative estimate of drug-likeness (QED) is 0.154. The number of aromatic nitrogens is 3. The Morgan fingerprint density at radius 1 is 1.28 bits per heavy atom. The summed E-state index contributed by atoms with van der Waals surface area (Å²) in [5.74, 6) is -0.295. The standard InChI is InChI=1S/C14H21ClFN4O13P3/c1-13(2,31-35(26,27)33-36(28,29)32-34(23,24)25)8-7(21)14(15,5-16)11(30-8)20-4-3-6-9(20)18-12(17)19-10(6)22/h3-4,7-8,11,21H,5H2,1-2H3,(H,26,27)(H,28,29)(H2,23,24,25)(H3,17,18,19,22)/t7-,8-,11+,14?/m0/s1. The smallest absolute Gasteiger partial charge is 0.388 e. The molecule has 6 atom stereocenters. The molecule has 0 amide bonds. The number of ether oxygens (including phenoxy) is 1. The Morgan fingerprint density at radius 2 is 1.89 bits per heavy atom. The summed E-state index contributed by atoms with van der Waals surface area (Å²) in [6.07, 6.45) is -4.07. The number of phosphoric ester groups is 1. The Balaban J connectivity index is 1.94. The molecule has 0 saturated carbocycles. The summed E-state index contributed by atoms with van der Waals surface area (Å²) in [6.45, 7) is 0.637. The number of anilines is 1. The first-order valence-corrected chi connectivity index (χ1v) is 14.4. The highest BCUT2D eigenvalue weighted by molar-refractivity contribution is 7.66. The van der Waals surface area contributed by atoms with Crippen molar-refractivity contribution in [1.82, 2.24) is 14.5 Å². The van der Waals surface area contributed by atoms with Crippen molar-refractivity contribution in [2.75, 3.05) is 12.4 Å². The zero-order chi connectivity index (χ0) is 27.5. The summed E-state index contributed by atoms with van der Waals surface area (Å²) < 4.78 is 67.8. The van der Waals surface area contributed by atoms with E-state index in [1.807, 2.05) is 0 Å². The summed E-state index contributed by atoms with van der Waals surface area (Å²) in [6, 6.07) is 1.29. The largest absolute Gasteiger partial charge is 0.490 e. The van der Waals surface area contributed by atoms with Gasteiger partial charge in [0.15, 0.2) is 11.9 Å². The minimum absolute atomic E-state index is 0.0103. The normalized spacial score (nSPS) is 28.8. The lowest BCUT2D eigenvalue weighted by atomic mass is 9.91. The van der Waals surface area contributed by atoms with Gasteiger partial charge < -0.3 is 39.7 Å². The van der Waals surface area contributed by atoms with Crippen molar-refractivity contribution >= 4 is 52.1 Å². The molecule has 0 radical (unpaired) electrons. The Morgan fingerprint density at radius 3 is 2.44 bits per heavy atom. The van der Waals surface area contributed by atoms with Gasteiger partial charge in [0, 0.05) is 6.20 Å². The third kappa shape index (κ3) is 5.92. The number of phosphoric acid groups is 3. The fourth-order valence-corrected chi connectivity index (χ4v) is 7.21. The van der Waals surface area contributed by atoms with Gasteiger partial charge in [-0.25, -0.2) is 18.1 Å². The number of aromatic amines is 1. The van der Waals surface area contributed by atoms with Gasteiger partial charge in [0.1, 0.15) is 29.4 Å². The maximum atomic E-state index is 14.2. The monoisotopic (exact) mass is 600 g/mol. The molecule has 0 aliphatic carbocycles. The van der Waals surface area contributed by atoms with Crippen LogP contribution in [-0.4, -0.2) is 68.6 Å². The molecule has 2 aromatic rings. The first-order valence-electron chi connectivity index (χ1n) is 9.51. The molecule has 3 rings (SSSR count). The van der Waals surface area contributed by atoms with E-state index in [-0.39, 0.29) is 17.0 Å². The molecule has 1 aliphatic heterocycles. The predicted molar refractivity (Wildman–Crippen MR) is 118 cm³/mol. The Hall–Kier alpha value is -1.23. The van der Waals surface area contributed by atoms with E-state index >= 15 is 0 Å². The van der Waals surface area contributed by atoms with Crippen LogP contribution in [0.3, 0.4) is 0 Å². The number of nitrogens with zero attached hydrogens (tertiary/aromatic N) is 2. The summed E-state index contributed by atoms with van der Waals surface area (Å²) in [5.41, 5.74) is 2.67. The van der Waals surface area contributed by atoms with Crippen LogP contribution in [0, 0.1) is 0 Å². The van der Waals surface area contributed by atoms with Crippen molar-refractivity contribution in [3.8, 4) is 0 Å². The second-order valence-corrected chi connectivity index (χ2v) is 13.2. The number of H-pyrrole nitrogens is 1. The van der Waals surface area contributed by atoms with Crippen LogP contribution in [0.25, 0.3) is 11.0 Å². The third-order valence-corrected chi connectivity index (χ3v) is 9.51. The molecule has 8 N–H and O–H groups in total. The summed E-state index contributed by atoms with van der Waals surface area (Å²) in [7, 11) is -17.1. The van der Waals surface area contributed by atoms with Gasteiger partial charge in [-0.3, -0.25) is 14.3 Å². The highest BCUT2D eigenvalue weighted by Gasteiger charge is 2.62. The highest BCUT2D eigenvalue weighted by Crippen LogP contribution is 2.67. The molecule has 1 aliphatic rings. The lowest BCUT2D eigenvalue weighted by molar-refractivity contribution is -0.117. The van der Waals surface area contributed by atoms with E-state index in [4.69, 9.17) is 36.4 Å². The van der Waals surface area contributed by atoms with Gasteiger partial charge in [0.2, 0.25) is 5.95 Å². The van der Waals surface area contributed by atoms with Crippen molar-refractivity contribution in [1.29, 1.82) is 0 Å². The number of halogens is 2. The van der Waals surface area contributed by atoms with Gasteiger partial charge in [-0.1, -0.05) is 0 Å². The molecule has 17 nitrogen and oxygen atoms in total. The second-order valence-electron chi connectivity index (χ2n) is 8.11. The molecule has 36 heavy (non-hydrogen) atoms. The zero-order valence-corrected chi connectivity index (χ0v) is 21.6. The predicted octanol–water partition coefficient (Wildman–Crippen LogP) is 0.634. The summed E-state index contributed by atoms with van der Waals surface area (Å²) in [4.78, 5) is 52.6. The van der Waals surface area contributed by atoms with E-state index < -0.39 is 64.6 Å². The van der Waals surface area contributed by atoms with Gasteiger partial charge in [-0.15, -0.1) is 11.6 Å². The van der Waals surface area contributed by atoms with Gasteiger partial charge in [0.05, 0.1) is 5.39 Å². The van der Waals surface area contributed by atoms with Crippen molar-refractivity contribution in [3.05, 3.63) is 22.6 Å². The topological polar surface area (TPSA) is 266 Å². The minimum Gasteiger partial charge on any atom is -0.388 e. The van der Waals surface area contributed by atoms with Crippen LogP contribution in [0.5, 0.6) is 0 Å². The number of nitrogen functional groups attached to an aromatic ring is 1. The van der Waals surface area contributed by atoms with Crippen LogP contribution >= 0.6 is 35.1 Å². The first-order chi connectivity index (χ1) is 16.2.